The maximum absolute atomic E-state index is 13.2. The Hall–Kier alpha value is -1.56. The molecule has 0 aliphatic carbocycles. The Bertz CT molecular complexity index is 349. The summed E-state index contributed by atoms with van der Waals surface area (Å²) in [6.45, 7) is 0. The summed E-state index contributed by atoms with van der Waals surface area (Å²) in [5.41, 5.74) is 4.43. The number of nitrogens with zero attached hydrogens (tertiary/aromatic N) is 1. The Balaban J connectivity index is 3.35. The largest absolute Gasteiger partial charge is 0.389 e. The van der Waals surface area contributed by atoms with Crippen LogP contribution in [0.1, 0.15) is 5.56 Å². The van der Waals surface area contributed by atoms with Gasteiger partial charge in [0.2, 0.25) is 5.82 Å². The van der Waals surface area contributed by atoms with Crippen molar-refractivity contribution >= 4 is 22.9 Å². The lowest BCUT2D eigenvalue weighted by molar-refractivity contribution is -0.387. The van der Waals surface area contributed by atoms with E-state index in [0.717, 1.165) is 6.07 Å². The van der Waals surface area contributed by atoms with Crippen molar-refractivity contribution in [3.63, 3.8) is 0 Å². The zero-order valence-electron chi connectivity index (χ0n) is 6.36. The van der Waals surface area contributed by atoms with Gasteiger partial charge in [-0.3, -0.25) is 10.1 Å². The summed E-state index contributed by atoms with van der Waals surface area (Å²) in [5, 5.41) is 10.3. The molecule has 0 saturated carbocycles. The van der Waals surface area contributed by atoms with Crippen LogP contribution in [0.4, 0.5) is 10.1 Å². The van der Waals surface area contributed by atoms with Crippen molar-refractivity contribution in [3.05, 3.63) is 39.7 Å². The fourth-order valence-electron chi connectivity index (χ4n) is 0.851. The molecule has 0 bridgehead atoms. The van der Waals surface area contributed by atoms with Crippen molar-refractivity contribution in [2.24, 2.45) is 5.73 Å². The van der Waals surface area contributed by atoms with Crippen molar-refractivity contribution < 1.29 is 9.31 Å². The molecule has 0 radical (unpaired) electrons. The maximum Gasteiger partial charge on any atom is 0.305 e. The summed E-state index contributed by atoms with van der Waals surface area (Å²) in [7, 11) is 0. The summed E-state index contributed by atoms with van der Waals surface area (Å²) in [5.74, 6) is -0.986. The van der Waals surface area contributed by atoms with Gasteiger partial charge in [-0.2, -0.15) is 4.39 Å². The van der Waals surface area contributed by atoms with E-state index in [1.54, 1.807) is 0 Å². The molecule has 0 aliphatic heterocycles. The monoisotopic (exact) mass is 200 g/mol. The van der Waals surface area contributed by atoms with Crippen LogP contribution in [0, 0.1) is 15.9 Å². The summed E-state index contributed by atoms with van der Waals surface area (Å²) >= 11 is 4.51. The first-order valence-corrected chi connectivity index (χ1v) is 3.67. The lowest BCUT2D eigenvalue weighted by atomic mass is 10.2. The van der Waals surface area contributed by atoms with Crippen LogP contribution in [0.5, 0.6) is 0 Å². The van der Waals surface area contributed by atoms with E-state index in [0.29, 0.717) is 0 Å². The van der Waals surface area contributed by atoms with Gasteiger partial charge >= 0.3 is 5.69 Å². The molecule has 0 heterocycles. The van der Waals surface area contributed by atoms with Crippen LogP contribution in [0.15, 0.2) is 18.2 Å². The molecule has 0 aromatic heterocycles. The van der Waals surface area contributed by atoms with Crippen LogP contribution in [0.2, 0.25) is 0 Å². The molecule has 13 heavy (non-hydrogen) atoms. The normalized spacial score (nSPS) is 9.62. The van der Waals surface area contributed by atoms with E-state index in [9.17, 15) is 14.5 Å². The smallest absolute Gasteiger partial charge is 0.305 e. The van der Waals surface area contributed by atoms with Crippen LogP contribution in [0.3, 0.4) is 0 Å². The molecule has 2 N–H and O–H groups in total. The van der Waals surface area contributed by atoms with Crippen LogP contribution >= 0.6 is 12.2 Å². The van der Waals surface area contributed by atoms with E-state index < -0.39 is 16.4 Å². The van der Waals surface area contributed by atoms with Crippen molar-refractivity contribution in [1.82, 2.24) is 0 Å². The number of hydrogen-bond donors (Lipinski definition) is 1. The molecule has 0 spiro atoms. The van der Waals surface area contributed by atoms with Gasteiger partial charge in [-0.15, -0.1) is 0 Å². The quantitative estimate of drug-likeness (QED) is 0.444. The average molecular weight is 200 g/mol. The zero-order chi connectivity index (χ0) is 10.0. The van der Waals surface area contributed by atoms with Gasteiger partial charge in [0, 0.05) is 6.07 Å². The molecule has 0 amide bonds. The molecule has 0 aliphatic rings. The van der Waals surface area contributed by atoms with E-state index in [1.807, 2.05) is 0 Å². The van der Waals surface area contributed by atoms with Crippen molar-refractivity contribution in [1.29, 1.82) is 0 Å². The summed E-state index contributed by atoms with van der Waals surface area (Å²) in [6.07, 6.45) is 0. The minimum Gasteiger partial charge on any atom is -0.389 e. The highest BCUT2D eigenvalue weighted by Gasteiger charge is 2.17. The number of nitro benzene ring substituents is 1. The van der Waals surface area contributed by atoms with Crippen LogP contribution in [-0.2, 0) is 0 Å². The third-order valence-corrected chi connectivity index (χ3v) is 1.66. The van der Waals surface area contributed by atoms with Crippen molar-refractivity contribution in [3.8, 4) is 0 Å². The fraction of sp³-hybridized carbons (Fsp3) is 0. The van der Waals surface area contributed by atoms with Crippen LogP contribution in [-0.4, -0.2) is 9.91 Å². The summed E-state index contributed by atoms with van der Waals surface area (Å²) in [4.78, 5) is 9.26. The molecule has 0 saturated heterocycles. The number of nitro groups is 1. The first-order valence-electron chi connectivity index (χ1n) is 3.26. The van der Waals surface area contributed by atoms with Gasteiger partial charge in [0.15, 0.2) is 0 Å². The molecular formula is C7H5FN2O2S. The van der Waals surface area contributed by atoms with E-state index >= 15 is 0 Å². The van der Waals surface area contributed by atoms with Gasteiger partial charge in [0.05, 0.1) is 10.5 Å². The van der Waals surface area contributed by atoms with Gasteiger partial charge in [0.1, 0.15) is 4.99 Å². The molecule has 0 fully saturated rings. The van der Waals surface area contributed by atoms with Crippen molar-refractivity contribution in [2.45, 2.75) is 0 Å². The Morgan fingerprint density at radius 3 is 2.69 bits per heavy atom. The molecule has 68 valence electrons. The minimum absolute atomic E-state index is 0.107. The molecule has 1 rings (SSSR count). The lowest BCUT2D eigenvalue weighted by Gasteiger charge is -1.99. The Morgan fingerprint density at radius 2 is 2.23 bits per heavy atom. The topological polar surface area (TPSA) is 69.2 Å². The number of halogens is 1. The Kier molecular flexibility index (Phi) is 2.52. The standard InChI is InChI=1S/C7H5FN2O2S/c8-6-4(7(9)13)2-1-3-5(6)10(11)12/h1-3H,(H2,9,13). The lowest BCUT2D eigenvalue weighted by Crippen LogP contribution is -2.12. The Labute approximate surface area is 78.3 Å². The molecule has 1 aromatic carbocycles. The van der Waals surface area contributed by atoms with E-state index in [4.69, 9.17) is 5.73 Å². The predicted molar refractivity (Wildman–Crippen MR) is 48.9 cm³/mol. The highest BCUT2D eigenvalue weighted by atomic mass is 32.1. The molecular weight excluding hydrogens is 195 g/mol. The van der Waals surface area contributed by atoms with Gasteiger partial charge < -0.3 is 5.73 Å². The van der Waals surface area contributed by atoms with Gasteiger partial charge in [-0.05, 0) is 6.07 Å². The van der Waals surface area contributed by atoms with Gasteiger partial charge in [0.25, 0.3) is 0 Å². The first kappa shape index (κ1) is 9.53. The molecule has 6 heteroatoms. The highest BCUT2D eigenvalue weighted by Crippen LogP contribution is 2.19. The minimum atomic E-state index is -0.986. The predicted octanol–water partition coefficient (Wildman–Crippen LogP) is 1.37. The van der Waals surface area contributed by atoms with Crippen LogP contribution < -0.4 is 5.73 Å². The second-order valence-electron chi connectivity index (χ2n) is 2.26. The van der Waals surface area contributed by atoms with Crippen molar-refractivity contribution in [2.75, 3.05) is 0 Å². The van der Waals surface area contributed by atoms with E-state index in [2.05, 4.69) is 12.2 Å². The van der Waals surface area contributed by atoms with E-state index in [1.165, 1.54) is 12.1 Å². The first-order chi connectivity index (χ1) is 6.04. The number of thiocarbonyl (C=S) groups is 1. The van der Waals surface area contributed by atoms with E-state index in [-0.39, 0.29) is 10.6 Å². The van der Waals surface area contributed by atoms with Gasteiger partial charge in [-0.1, -0.05) is 18.3 Å². The van der Waals surface area contributed by atoms with Crippen LogP contribution in [0.25, 0.3) is 0 Å². The Morgan fingerprint density at radius 1 is 1.62 bits per heavy atom. The highest BCUT2D eigenvalue weighted by molar-refractivity contribution is 7.80. The summed E-state index contributed by atoms with van der Waals surface area (Å²) in [6, 6.07) is 3.68. The molecule has 0 unspecified atom stereocenters. The average Bonchev–Trinajstić information content (AvgIpc) is 2.03. The maximum atomic E-state index is 13.2. The number of nitrogens with two attached hydrogens (primary N) is 1. The zero-order valence-corrected chi connectivity index (χ0v) is 7.18. The fourth-order valence-corrected chi connectivity index (χ4v) is 1.01. The molecule has 0 atom stereocenters. The number of benzene rings is 1. The molecule has 1 aromatic rings. The molecule has 4 nitrogen and oxygen atoms in total. The SMILES string of the molecule is NC(=S)c1cccc([N+](=O)[O-])c1F. The third-order valence-electron chi connectivity index (χ3n) is 1.44. The second kappa shape index (κ2) is 3.44. The van der Waals surface area contributed by atoms with Gasteiger partial charge in [-0.25, -0.2) is 0 Å². The third kappa shape index (κ3) is 1.78. The second-order valence-corrected chi connectivity index (χ2v) is 2.70. The summed E-state index contributed by atoms with van der Waals surface area (Å²) < 4.78 is 13.2. The number of hydrogen-bond acceptors (Lipinski definition) is 3. The number of rotatable bonds is 2.